The lowest BCUT2D eigenvalue weighted by Gasteiger charge is -2.18. The van der Waals surface area contributed by atoms with Crippen LogP contribution in [0.2, 0.25) is 0 Å². The molecule has 0 fully saturated rings. The summed E-state index contributed by atoms with van der Waals surface area (Å²) in [6.45, 7) is 8.03. The van der Waals surface area contributed by atoms with Crippen LogP contribution >= 0.6 is 0 Å². The van der Waals surface area contributed by atoms with Crippen LogP contribution in [0.1, 0.15) is 32.5 Å². The van der Waals surface area contributed by atoms with Gasteiger partial charge in [0, 0.05) is 32.2 Å². The molecule has 1 aromatic heterocycles. The third-order valence-corrected chi connectivity index (χ3v) is 2.46. The maximum absolute atomic E-state index is 11.5. The first kappa shape index (κ1) is 13.7. The molecule has 0 aliphatic heterocycles. The number of nitrogens with one attached hydrogen (secondary N) is 1. The Hall–Kier alpha value is -1.36. The van der Waals surface area contributed by atoms with E-state index in [2.05, 4.69) is 9.97 Å². The number of aromatic amines is 1. The van der Waals surface area contributed by atoms with Crippen LogP contribution in [0.3, 0.4) is 0 Å². The quantitative estimate of drug-likeness (QED) is 0.762. The summed E-state index contributed by atoms with van der Waals surface area (Å²) in [5, 5.41) is 0. The van der Waals surface area contributed by atoms with Crippen molar-refractivity contribution in [2.75, 3.05) is 31.7 Å². The number of hydrogen-bond acceptors (Lipinski definition) is 4. The number of H-pyrrole nitrogens is 1. The van der Waals surface area contributed by atoms with Gasteiger partial charge in [-0.25, -0.2) is 4.98 Å². The highest BCUT2D eigenvalue weighted by atomic mass is 16.5. The van der Waals surface area contributed by atoms with Gasteiger partial charge in [-0.2, -0.15) is 0 Å². The lowest BCUT2D eigenvalue weighted by molar-refractivity contribution is 0.154. The molecule has 0 aromatic carbocycles. The number of ether oxygens (including phenoxy) is 1. The molecular formula is C12H21N3O2. The molecule has 0 spiro atoms. The zero-order valence-corrected chi connectivity index (χ0v) is 11.0. The Morgan fingerprint density at radius 1 is 1.53 bits per heavy atom. The molecule has 1 rings (SSSR count). The van der Waals surface area contributed by atoms with E-state index in [1.54, 1.807) is 0 Å². The Morgan fingerprint density at radius 2 is 2.24 bits per heavy atom. The van der Waals surface area contributed by atoms with Gasteiger partial charge in [-0.05, 0) is 6.92 Å². The fraction of sp³-hybridized carbons (Fsp3) is 0.667. The minimum atomic E-state index is -0.109. The molecule has 0 saturated heterocycles. The van der Waals surface area contributed by atoms with E-state index in [1.807, 2.05) is 32.7 Å². The monoisotopic (exact) mass is 239 g/mol. The smallest absolute Gasteiger partial charge is 0.252 e. The van der Waals surface area contributed by atoms with Gasteiger partial charge in [-0.15, -0.1) is 0 Å². The maximum Gasteiger partial charge on any atom is 0.252 e. The van der Waals surface area contributed by atoms with Gasteiger partial charge >= 0.3 is 0 Å². The average Bonchev–Trinajstić information content (AvgIpc) is 2.28. The van der Waals surface area contributed by atoms with Crippen molar-refractivity contribution in [3.05, 3.63) is 22.2 Å². The number of likely N-dealkylation sites (N-methyl/N-ethyl adjacent to an activating group) is 1. The third kappa shape index (κ3) is 4.19. The number of aromatic nitrogens is 2. The topological polar surface area (TPSA) is 58.2 Å². The Morgan fingerprint density at radius 3 is 2.82 bits per heavy atom. The molecule has 0 radical (unpaired) electrons. The van der Waals surface area contributed by atoms with E-state index >= 15 is 0 Å². The van der Waals surface area contributed by atoms with Crippen LogP contribution in [0, 0.1) is 0 Å². The summed E-state index contributed by atoms with van der Waals surface area (Å²) in [6.07, 6.45) is 0. The first-order valence-electron chi connectivity index (χ1n) is 5.94. The van der Waals surface area contributed by atoms with E-state index in [0.717, 1.165) is 12.4 Å². The van der Waals surface area contributed by atoms with Gasteiger partial charge in [0.15, 0.2) is 0 Å². The lowest BCUT2D eigenvalue weighted by Crippen LogP contribution is -2.26. The van der Waals surface area contributed by atoms with Crippen LogP contribution < -0.4 is 10.5 Å². The first-order chi connectivity index (χ1) is 8.04. The van der Waals surface area contributed by atoms with Crippen molar-refractivity contribution in [2.24, 2.45) is 0 Å². The molecule has 96 valence electrons. The molecule has 1 aromatic rings. The standard InChI is InChI=1S/C12H21N3O2/c1-5-17-7-6-15(4)10-8-11(16)14-12(13-10)9(2)3/h8-9H,5-7H2,1-4H3,(H,13,14,16). The fourth-order valence-electron chi connectivity index (χ4n) is 1.39. The van der Waals surface area contributed by atoms with E-state index < -0.39 is 0 Å². The van der Waals surface area contributed by atoms with Crippen molar-refractivity contribution in [3.8, 4) is 0 Å². The minimum absolute atomic E-state index is 0.109. The highest BCUT2D eigenvalue weighted by Crippen LogP contribution is 2.11. The number of anilines is 1. The van der Waals surface area contributed by atoms with Crippen molar-refractivity contribution in [1.29, 1.82) is 0 Å². The number of rotatable bonds is 6. The molecule has 0 saturated carbocycles. The number of hydrogen-bond donors (Lipinski definition) is 1. The Bertz CT molecular complexity index is 401. The minimum Gasteiger partial charge on any atom is -0.380 e. The Kier molecular flexibility index (Phi) is 5.15. The van der Waals surface area contributed by atoms with Crippen LogP contribution in [0.25, 0.3) is 0 Å². The molecule has 1 N–H and O–H groups in total. The molecule has 0 aliphatic carbocycles. The van der Waals surface area contributed by atoms with Crippen molar-refractivity contribution >= 4 is 5.82 Å². The highest BCUT2D eigenvalue weighted by molar-refractivity contribution is 5.36. The van der Waals surface area contributed by atoms with E-state index in [1.165, 1.54) is 6.07 Å². The SMILES string of the molecule is CCOCCN(C)c1cc(=O)[nH]c(C(C)C)n1. The van der Waals surface area contributed by atoms with Crippen molar-refractivity contribution < 1.29 is 4.74 Å². The van der Waals surface area contributed by atoms with Gasteiger partial charge < -0.3 is 14.6 Å². The van der Waals surface area contributed by atoms with Crippen molar-refractivity contribution in [3.63, 3.8) is 0 Å². The molecule has 0 amide bonds. The van der Waals surface area contributed by atoms with E-state index in [-0.39, 0.29) is 11.5 Å². The van der Waals surface area contributed by atoms with Crippen LogP contribution in [0.5, 0.6) is 0 Å². The largest absolute Gasteiger partial charge is 0.380 e. The van der Waals surface area contributed by atoms with Crippen molar-refractivity contribution in [2.45, 2.75) is 26.7 Å². The van der Waals surface area contributed by atoms with Gasteiger partial charge in [0.05, 0.1) is 6.61 Å². The lowest BCUT2D eigenvalue weighted by atomic mass is 10.2. The second-order valence-corrected chi connectivity index (χ2v) is 4.26. The van der Waals surface area contributed by atoms with E-state index in [4.69, 9.17) is 4.74 Å². The summed E-state index contributed by atoms with van der Waals surface area (Å²) in [4.78, 5) is 20.6. The summed E-state index contributed by atoms with van der Waals surface area (Å²) in [5.41, 5.74) is -0.109. The molecule has 17 heavy (non-hydrogen) atoms. The van der Waals surface area contributed by atoms with E-state index in [0.29, 0.717) is 19.0 Å². The Labute approximate surface area is 102 Å². The maximum atomic E-state index is 11.5. The molecular weight excluding hydrogens is 218 g/mol. The van der Waals surface area contributed by atoms with Crippen LogP contribution in [-0.2, 0) is 4.74 Å². The molecule has 1 heterocycles. The molecule has 5 heteroatoms. The summed E-state index contributed by atoms with van der Waals surface area (Å²) in [6, 6.07) is 1.51. The van der Waals surface area contributed by atoms with Gasteiger partial charge in [-0.1, -0.05) is 13.8 Å². The van der Waals surface area contributed by atoms with E-state index in [9.17, 15) is 4.79 Å². The summed E-state index contributed by atoms with van der Waals surface area (Å²) >= 11 is 0. The molecule has 0 atom stereocenters. The van der Waals surface area contributed by atoms with Gasteiger partial charge in [0.1, 0.15) is 11.6 Å². The van der Waals surface area contributed by atoms with Crippen LogP contribution in [0.15, 0.2) is 10.9 Å². The molecule has 0 bridgehead atoms. The third-order valence-electron chi connectivity index (χ3n) is 2.46. The second-order valence-electron chi connectivity index (χ2n) is 4.26. The van der Waals surface area contributed by atoms with Gasteiger partial charge in [0.25, 0.3) is 5.56 Å². The van der Waals surface area contributed by atoms with Gasteiger partial charge in [-0.3, -0.25) is 4.79 Å². The molecule has 5 nitrogen and oxygen atoms in total. The highest BCUT2D eigenvalue weighted by Gasteiger charge is 2.08. The Balaban J connectivity index is 2.79. The summed E-state index contributed by atoms with van der Waals surface area (Å²) in [7, 11) is 1.91. The normalized spacial score (nSPS) is 10.9. The molecule has 0 unspecified atom stereocenters. The van der Waals surface area contributed by atoms with Gasteiger partial charge in [0.2, 0.25) is 0 Å². The summed E-state index contributed by atoms with van der Waals surface area (Å²) < 4.78 is 5.28. The van der Waals surface area contributed by atoms with Crippen molar-refractivity contribution in [1.82, 2.24) is 9.97 Å². The predicted molar refractivity (Wildman–Crippen MR) is 68.7 cm³/mol. The summed E-state index contributed by atoms with van der Waals surface area (Å²) in [5.74, 6) is 1.62. The predicted octanol–water partition coefficient (Wildman–Crippen LogP) is 1.37. The van der Waals surface area contributed by atoms with Crippen LogP contribution in [0.4, 0.5) is 5.82 Å². The van der Waals surface area contributed by atoms with Crippen LogP contribution in [-0.4, -0.2) is 36.8 Å². The fourth-order valence-corrected chi connectivity index (χ4v) is 1.39. The average molecular weight is 239 g/mol. The second kappa shape index (κ2) is 6.39. The first-order valence-corrected chi connectivity index (χ1v) is 5.94. The zero-order chi connectivity index (χ0) is 12.8. The molecule has 0 aliphatic rings. The zero-order valence-electron chi connectivity index (χ0n) is 11.0. The number of nitrogens with zero attached hydrogens (tertiary/aromatic N) is 2.